The van der Waals surface area contributed by atoms with Crippen LogP contribution < -0.4 is 5.56 Å². The monoisotopic (exact) mass is 290 g/mol. The van der Waals surface area contributed by atoms with Crippen LogP contribution in [0.4, 0.5) is 0 Å². The van der Waals surface area contributed by atoms with Crippen molar-refractivity contribution in [1.82, 2.24) is 19.9 Å². The third kappa shape index (κ3) is 2.49. The lowest BCUT2D eigenvalue weighted by Crippen LogP contribution is -2.28. The SMILES string of the molecule is Cc1nc([C@H]2CCN(C(=O)c3cscn3)C2)cc(=O)[nH]1. The zero-order chi connectivity index (χ0) is 14.1. The van der Waals surface area contributed by atoms with E-state index in [1.807, 2.05) is 0 Å². The zero-order valence-electron chi connectivity index (χ0n) is 11.0. The predicted molar refractivity (Wildman–Crippen MR) is 75.0 cm³/mol. The molecule has 3 rings (SSSR count). The summed E-state index contributed by atoms with van der Waals surface area (Å²) in [6.07, 6.45) is 0.825. The Labute approximate surface area is 119 Å². The number of nitrogens with one attached hydrogen (secondary N) is 1. The first kappa shape index (κ1) is 13.0. The highest BCUT2D eigenvalue weighted by Crippen LogP contribution is 2.26. The van der Waals surface area contributed by atoms with Crippen molar-refractivity contribution in [2.75, 3.05) is 13.1 Å². The van der Waals surface area contributed by atoms with Crippen LogP contribution in [-0.4, -0.2) is 38.8 Å². The summed E-state index contributed by atoms with van der Waals surface area (Å²) >= 11 is 1.41. The van der Waals surface area contributed by atoms with Crippen molar-refractivity contribution in [1.29, 1.82) is 0 Å². The number of likely N-dealkylation sites (tertiary alicyclic amines) is 1. The molecule has 0 saturated carbocycles. The van der Waals surface area contributed by atoms with Gasteiger partial charge in [0.15, 0.2) is 0 Å². The van der Waals surface area contributed by atoms with Gasteiger partial charge in [-0.1, -0.05) is 0 Å². The highest BCUT2D eigenvalue weighted by Gasteiger charge is 2.29. The van der Waals surface area contributed by atoms with Crippen molar-refractivity contribution in [3.63, 3.8) is 0 Å². The van der Waals surface area contributed by atoms with Crippen LogP contribution in [-0.2, 0) is 0 Å². The number of aryl methyl sites for hydroxylation is 1. The molecule has 0 spiro atoms. The molecular weight excluding hydrogens is 276 g/mol. The van der Waals surface area contributed by atoms with Crippen LogP contribution >= 0.6 is 11.3 Å². The van der Waals surface area contributed by atoms with E-state index < -0.39 is 0 Å². The Hall–Kier alpha value is -2.02. The summed E-state index contributed by atoms with van der Waals surface area (Å²) in [7, 11) is 0. The van der Waals surface area contributed by atoms with Gasteiger partial charge < -0.3 is 9.88 Å². The summed E-state index contributed by atoms with van der Waals surface area (Å²) in [6, 6.07) is 1.52. The number of amides is 1. The van der Waals surface area contributed by atoms with E-state index in [1.54, 1.807) is 22.7 Å². The number of hydrogen-bond donors (Lipinski definition) is 1. The van der Waals surface area contributed by atoms with Crippen LogP contribution in [0, 0.1) is 6.92 Å². The Morgan fingerprint density at radius 1 is 1.55 bits per heavy atom. The molecule has 1 aliphatic rings. The van der Waals surface area contributed by atoms with Crippen LogP contribution in [0.3, 0.4) is 0 Å². The van der Waals surface area contributed by atoms with Crippen LogP contribution in [0.1, 0.15) is 34.3 Å². The van der Waals surface area contributed by atoms with E-state index in [-0.39, 0.29) is 17.4 Å². The van der Waals surface area contributed by atoms with Gasteiger partial charge in [-0.15, -0.1) is 11.3 Å². The van der Waals surface area contributed by atoms with Gasteiger partial charge in [-0.2, -0.15) is 0 Å². The van der Waals surface area contributed by atoms with Gasteiger partial charge in [0.1, 0.15) is 11.5 Å². The lowest BCUT2D eigenvalue weighted by molar-refractivity contribution is 0.0785. The van der Waals surface area contributed by atoms with Crippen LogP contribution in [0.15, 0.2) is 21.8 Å². The molecule has 1 aliphatic heterocycles. The molecule has 1 saturated heterocycles. The molecule has 6 nitrogen and oxygen atoms in total. The second-order valence-corrected chi connectivity index (χ2v) is 5.58. The molecule has 0 bridgehead atoms. The van der Waals surface area contributed by atoms with Crippen LogP contribution in [0.25, 0.3) is 0 Å². The topological polar surface area (TPSA) is 79.0 Å². The van der Waals surface area contributed by atoms with Crippen molar-refractivity contribution < 1.29 is 4.79 Å². The average Bonchev–Trinajstić information content (AvgIpc) is 3.09. The van der Waals surface area contributed by atoms with Gasteiger partial charge in [-0.3, -0.25) is 9.59 Å². The summed E-state index contributed by atoms with van der Waals surface area (Å²) in [4.78, 5) is 36.5. The van der Waals surface area contributed by atoms with Crippen LogP contribution in [0.2, 0.25) is 0 Å². The molecule has 1 fully saturated rings. The Morgan fingerprint density at radius 2 is 2.40 bits per heavy atom. The third-order valence-electron chi connectivity index (χ3n) is 3.43. The fourth-order valence-electron chi connectivity index (χ4n) is 2.48. The Bertz CT molecular complexity index is 680. The highest BCUT2D eigenvalue weighted by molar-refractivity contribution is 7.07. The average molecular weight is 290 g/mol. The Morgan fingerprint density at radius 3 is 3.10 bits per heavy atom. The van der Waals surface area contributed by atoms with Crippen molar-refractivity contribution >= 4 is 17.2 Å². The summed E-state index contributed by atoms with van der Waals surface area (Å²) in [6.45, 7) is 3.03. The molecule has 0 aromatic carbocycles. The number of carbonyl (C=O) groups excluding carboxylic acids is 1. The smallest absolute Gasteiger partial charge is 0.273 e. The second kappa shape index (κ2) is 5.16. The maximum absolute atomic E-state index is 12.2. The number of thiazole rings is 1. The highest BCUT2D eigenvalue weighted by atomic mass is 32.1. The molecule has 0 radical (unpaired) electrons. The van der Waals surface area contributed by atoms with E-state index in [1.165, 1.54) is 17.4 Å². The van der Waals surface area contributed by atoms with E-state index in [2.05, 4.69) is 15.0 Å². The lowest BCUT2D eigenvalue weighted by atomic mass is 10.0. The first-order chi connectivity index (χ1) is 9.63. The van der Waals surface area contributed by atoms with Gasteiger partial charge in [0.25, 0.3) is 11.5 Å². The number of nitrogens with zero attached hydrogens (tertiary/aromatic N) is 3. The molecule has 3 heterocycles. The maximum atomic E-state index is 12.2. The number of aromatic nitrogens is 3. The molecule has 1 N–H and O–H groups in total. The Balaban J connectivity index is 1.76. The van der Waals surface area contributed by atoms with Crippen molar-refractivity contribution in [3.8, 4) is 0 Å². The molecule has 0 unspecified atom stereocenters. The number of rotatable bonds is 2. The van der Waals surface area contributed by atoms with Gasteiger partial charge in [0.2, 0.25) is 0 Å². The fraction of sp³-hybridized carbons (Fsp3) is 0.385. The molecule has 104 valence electrons. The molecule has 7 heteroatoms. The molecule has 2 aromatic heterocycles. The molecular formula is C13H14N4O2S. The van der Waals surface area contributed by atoms with Crippen molar-refractivity contribution in [3.05, 3.63) is 44.5 Å². The summed E-state index contributed by atoms with van der Waals surface area (Å²) in [5.74, 6) is 0.686. The van der Waals surface area contributed by atoms with Gasteiger partial charge in [-0.25, -0.2) is 9.97 Å². The minimum atomic E-state index is -0.142. The minimum absolute atomic E-state index is 0.0460. The zero-order valence-corrected chi connectivity index (χ0v) is 11.8. The van der Waals surface area contributed by atoms with Gasteiger partial charge in [0.05, 0.1) is 11.2 Å². The van der Waals surface area contributed by atoms with E-state index in [4.69, 9.17) is 0 Å². The Kier molecular flexibility index (Phi) is 3.35. The molecule has 2 aromatic rings. The normalized spacial score (nSPS) is 18.4. The first-order valence-corrected chi connectivity index (χ1v) is 7.33. The third-order valence-corrected chi connectivity index (χ3v) is 4.01. The fourth-order valence-corrected chi connectivity index (χ4v) is 3.00. The first-order valence-electron chi connectivity index (χ1n) is 6.39. The molecule has 20 heavy (non-hydrogen) atoms. The summed E-state index contributed by atoms with van der Waals surface area (Å²) in [5, 5.41) is 1.76. The molecule has 0 aliphatic carbocycles. The number of carbonyl (C=O) groups is 1. The second-order valence-electron chi connectivity index (χ2n) is 4.87. The largest absolute Gasteiger partial charge is 0.337 e. The summed E-state index contributed by atoms with van der Waals surface area (Å²) < 4.78 is 0. The lowest BCUT2D eigenvalue weighted by Gasteiger charge is -2.15. The van der Waals surface area contributed by atoms with Crippen molar-refractivity contribution in [2.45, 2.75) is 19.3 Å². The molecule has 1 atom stereocenters. The molecule has 1 amide bonds. The number of aromatic amines is 1. The number of H-pyrrole nitrogens is 1. The standard InChI is InChI=1S/C13H14N4O2S/c1-8-15-10(4-12(18)16-8)9-2-3-17(5-9)13(19)11-6-20-7-14-11/h4,6-7,9H,2-3,5H2,1H3,(H,15,16,18)/t9-/m0/s1. The van der Waals surface area contributed by atoms with Crippen molar-refractivity contribution in [2.24, 2.45) is 0 Å². The minimum Gasteiger partial charge on any atom is -0.337 e. The predicted octanol–water partition coefficient (Wildman–Crippen LogP) is 1.16. The van der Waals surface area contributed by atoms with Gasteiger partial charge in [0, 0.05) is 30.5 Å². The van der Waals surface area contributed by atoms with Gasteiger partial charge in [-0.05, 0) is 13.3 Å². The maximum Gasteiger partial charge on any atom is 0.273 e. The van der Waals surface area contributed by atoms with E-state index in [0.717, 1.165) is 12.1 Å². The van der Waals surface area contributed by atoms with Crippen LogP contribution in [0.5, 0.6) is 0 Å². The number of hydrogen-bond acceptors (Lipinski definition) is 5. The summed E-state index contributed by atoms with van der Waals surface area (Å²) in [5.41, 5.74) is 2.77. The van der Waals surface area contributed by atoms with E-state index >= 15 is 0 Å². The quantitative estimate of drug-likeness (QED) is 0.900. The van der Waals surface area contributed by atoms with Gasteiger partial charge >= 0.3 is 0 Å². The van der Waals surface area contributed by atoms with E-state index in [9.17, 15) is 9.59 Å². The van der Waals surface area contributed by atoms with E-state index in [0.29, 0.717) is 24.6 Å².